The lowest BCUT2D eigenvalue weighted by Crippen LogP contribution is -2.53. The second-order valence-electron chi connectivity index (χ2n) is 8.95. The molecule has 3 heterocycles. The van der Waals surface area contributed by atoms with Gasteiger partial charge in [-0.1, -0.05) is 0 Å². The molecule has 1 spiro atoms. The van der Waals surface area contributed by atoms with E-state index in [1.54, 1.807) is 24.1 Å². The first kappa shape index (κ1) is 21.5. The molecule has 3 aliphatic heterocycles. The molecule has 2 fully saturated rings. The Labute approximate surface area is 182 Å². The summed E-state index contributed by atoms with van der Waals surface area (Å²) >= 11 is 0. The lowest BCUT2D eigenvalue weighted by atomic mass is 9.82. The molecule has 4 rings (SSSR count). The minimum Gasteiger partial charge on any atom is -0.496 e. The molecular formula is C23H30N2O6. The number of ether oxygens (including phenoxy) is 3. The summed E-state index contributed by atoms with van der Waals surface area (Å²) in [6.45, 7) is 5.44. The van der Waals surface area contributed by atoms with Gasteiger partial charge in [0.05, 0.1) is 26.6 Å². The zero-order valence-electron chi connectivity index (χ0n) is 18.6. The number of Topliss-reactive ketones (excluding diaryl/α,β-unsaturated/α-hetero) is 1. The maximum absolute atomic E-state index is 13.0. The van der Waals surface area contributed by atoms with Crippen LogP contribution in [0.15, 0.2) is 12.1 Å². The first-order valence-electron chi connectivity index (χ1n) is 10.8. The fourth-order valence-corrected chi connectivity index (χ4v) is 4.92. The van der Waals surface area contributed by atoms with E-state index in [-0.39, 0.29) is 42.4 Å². The number of nitrogens with zero attached hydrogens (tertiary/aromatic N) is 2. The molecule has 2 saturated heterocycles. The number of benzene rings is 1. The van der Waals surface area contributed by atoms with Crippen molar-refractivity contribution in [3.8, 4) is 17.2 Å². The molecule has 1 aromatic carbocycles. The van der Waals surface area contributed by atoms with Crippen molar-refractivity contribution in [3.63, 3.8) is 0 Å². The maximum atomic E-state index is 13.0. The second kappa shape index (κ2) is 8.05. The van der Waals surface area contributed by atoms with Crippen molar-refractivity contribution in [2.75, 3.05) is 33.9 Å². The van der Waals surface area contributed by atoms with Gasteiger partial charge in [0.15, 0.2) is 5.78 Å². The molecule has 0 N–H and O–H groups in total. The number of carbonyl (C=O) groups excluding carboxylic acids is 3. The Morgan fingerprint density at radius 3 is 2.45 bits per heavy atom. The lowest BCUT2D eigenvalue weighted by Gasteiger charge is -2.44. The smallest absolute Gasteiger partial charge is 0.227 e. The minimum absolute atomic E-state index is 0.0190. The van der Waals surface area contributed by atoms with Crippen molar-refractivity contribution in [3.05, 3.63) is 17.7 Å². The van der Waals surface area contributed by atoms with Crippen LogP contribution in [0.25, 0.3) is 0 Å². The molecule has 0 aliphatic carbocycles. The Balaban J connectivity index is 1.46. The highest BCUT2D eigenvalue weighted by Crippen LogP contribution is 2.45. The molecule has 2 amide bonds. The van der Waals surface area contributed by atoms with Crippen LogP contribution in [0.4, 0.5) is 0 Å². The van der Waals surface area contributed by atoms with E-state index in [1.807, 2.05) is 18.7 Å². The highest BCUT2D eigenvalue weighted by atomic mass is 16.5. The van der Waals surface area contributed by atoms with Crippen LogP contribution >= 0.6 is 0 Å². The molecule has 168 valence electrons. The average Bonchev–Trinajstić information content (AvgIpc) is 3.14. The minimum atomic E-state index is -0.631. The summed E-state index contributed by atoms with van der Waals surface area (Å²) in [7, 11) is 3.07. The molecule has 1 atom stereocenters. The third-order valence-corrected chi connectivity index (χ3v) is 6.70. The molecule has 0 bridgehead atoms. The Hall–Kier alpha value is -2.77. The van der Waals surface area contributed by atoms with Gasteiger partial charge in [0.2, 0.25) is 11.8 Å². The van der Waals surface area contributed by atoms with E-state index in [9.17, 15) is 14.4 Å². The van der Waals surface area contributed by atoms with E-state index in [2.05, 4.69) is 0 Å². The van der Waals surface area contributed by atoms with E-state index >= 15 is 0 Å². The first-order valence-corrected chi connectivity index (χ1v) is 10.8. The van der Waals surface area contributed by atoms with Crippen LogP contribution in [-0.4, -0.2) is 72.9 Å². The number of ketones is 1. The third-order valence-electron chi connectivity index (χ3n) is 6.70. The van der Waals surface area contributed by atoms with Crippen molar-refractivity contribution >= 4 is 17.6 Å². The molecule has 8 heteroatoms. The van der Waals surface area contributed by atoms with Gasteiger partial charge in [0, 0.05) is 57.1 Å². The summed E-state index contributed by atoms with van der Waals surface area (Å²) in [5.74, 6) is 1.25. The number of fused-ring (bicyclic) bond motifs is 1. The molecule has 31 heavy (non-hydrogen) atoms. The van der Waals surface area contributed by atoms with Gasteiger partial charge in [-0.25, -0.2) is 0 Å². The van der Waals surface area contributed by atoms with Gasteiger partial charge in [-0.3, -0.25) is 14.4 Å². The van der Waals surface area contributed by atoms with Crippen LogP contribution in [0.2, 0.25) is 0 Å². The van der Waals surface area contributed by atoms with Gasteiger partial charge in [0.25, 0.3) is 0 Å². The first-order chi connectivity index (χ1) is 14.8. The highest BCUT2D eigenvalue weighted by Gasteiger charge is 2.46. The highest BCUT2D eigenvalue weighted by molar-refractivity contribution is 6.03. The van der Waals surface area contributed by atoms with E-state index < -0.39 is 5.60 Å². The molecule has 0 radical (unpaired) electrons. The Bertz CT molecular complexity index is 904. The van der Waals surface area contributed by atoms with Crippen LogP contribution in [0.3, 0.4) is 0 Å². The van der Waals surface area contributed by atoms with E-state index in [1.165, 1.54) is 7.11 Å². The second-order valence-corrected chi connectivity index (χ2v) is 8.95. The number of hydrogen-bond donors (Lipinski definition) is 0. The van der Waals surface area contributed by atoms with Crippen molar-refractivity contribution in [2.24, 2.45) is 5.92 Å². The predicted molar refractivity (Wildman–Crippen MR) is 113 cm³/mol. The van der Waals surface area contributed by atoms with E-state index in [4.69, 9.17) is 14.2 Å². The van der Waals surface area contributed by atoms with Crippen LogP contribution in [-0.2, 0) is 9.59 Å². The monoisotopic (exact) mass is 430 g/mol. The number of methoxy groups -OCH3 is 2. The molecular weight excluding hydrogens is 400 g/mol. The van der Waals surface area contributed by atoms with Crippen LogP contribution in [0.1, 0.15) is 49.9 Å². The summed E-state index contributed by atoms with van der Waals surface area (Å²) in [6, 6.07) is 3.51. The standard InChI is InChI=1S/C23H30N2O6/c1-14(2)25-13-15(9-20(25)27)22(28)24-7-5-23(6-8-24)12-17(26)21-18(30-4)10-16(29-3)11-19(21)31-23/h10-11,14-15H,5-9,12-13H2,1-4H3. The maximum Gasteiger partial charge on any atom is 0.227 e. The van der Waals surface area contributed by atoms with Gasteiger partial charge in [-0.05, 0) is 13.8 Å². The fourth-order valence-electron chi connectivity index (χ4n) is 4.92. The van der Waals surface area contributed by atoms with Gasteiger partial charge in [0.1, 0.15) is 28.4 Å². The third kappa shape index (κ3) is 3.83. The molecule has 0 saturated carbocycles. The molecule has 1 aromatic rings. The largest absolute Gasteiger partial charge is 0.496 e. The van der Waals surface area contributed by atoms with Crippen molar-refractivity contribution in [1.29, 1.82) is 0 Å². The normalized spacial score (nSPS) is 22.5. The number of carbonyl (C=O) groups is 3. The number of likely N-dealkylation sites (tertiary alicyclic amines) is 2. The molecule has 3 aliphatic rings. The van der Waals surface area contributed by atoms with Gasteiger partial charge >= 0.3 is 0 Å². The van der Waals surface area contributed by atoms with E-state index in [0.29, 0.717) is 55.3 Å². The van der Waals surface area contributed by atoms with E-state index in [0.717, 1.165) is 0 Å². The Kier molecular flexibility index (Phi) is 5.58. The SMILES string of the molecule is COc1cc(OC)c2c(c1)OC1(CCN(C(=O)C3CC(=O)N(C(C)C)C3)CC1)CC2=O. The van der Waals surface area contributed by atoms with Gasteiger partial charge < -0.3 is 24.0 Å². The average molecular weight is 431 g/mol. The van der Waals surface area contributed by atoms with Gasteiger partial charge in [-0.2, -0.15) is 0 Å². The summed E-state index contributed by atoms with van der Waals surface area (Å²) in [4.78, 5) is 41.8. The fraction of sp³-hybridized carbons (Fsp3) is 0.609. The van der Waals surface area contributed by atoms with Crippen LogP contribution < -0.4 is 14.2 Å². The Morgan fingerprint density at radius 1 is 1.16 bits per heavy atom. The topological polar surface area (TPSA) is 85.4 Å². The summed E-state index contributed by atoms with van der Waals surface area (Å²) in [5.41, 5.74) is -0.182. The van der Waals surface area contributed by atoms with Crippen molar-refractivity contribution < 1.29 is 28.6 Å². The summed E-state index contributed by atoms with van der Waals surface area (Å²) in [6.07, 6.45) is 1.67. The molecule has 0 aromatic heterocycles. The Morgan fingerprint density at radius 2 is 1.87 bits per heavy atom. The molecule has 8 nitrogen and oxygen atoms in total. The summed E-state index contributed by atoms with van der Waals surface area (Å²) in [5, 5.41) is 0. The van der Waals surface area contributed by atoms with Crippen LogP contribution in [0, 0.1) is 5.92 Å². The number of hydrogen-bond acceptors (Lipinski definition) is 6. The molecule has 1 unspecified atom stereocenters. The number of piperidine rings is 1. The quantitative estimate of drug-likeness (QED) is 0.729. The van der Waals surface area contributed by atoms with Crippen molar-refractivity contribution in [2.45, 2.75) is 51.2 Å². The number of rotatable bonds is 4. The van der Waals surface area contributed by atoms with Crippen molar-refractivity contribution in [1.82, 2.24) is 9.80 Å². The van der Waals surface area contributed by atoms with Gasteiger partial charge in [-0.15, -0.1) is 0 Å². The zero-order chi connectivity index (χ0) is 22.3. The number of amides is 2. The predicted octanol–water partition coefficient (Wildman–Crippen LogP) is 2.29. The zero-order valence-corrected chi connectivity index (χ0v) is 18.6. The summed E-state index contributed by atoms with van der Waals surface area (Å²) < 4.78 is 17.0. The lowest BCUT2D eigenvalue weighted by molar-refractivity contribution is -0.139. The van der Waals surface area contributed by atoms with Crippen LogP contribution in [0.5, 0.6) is 17.2 Å².